The highest BCUT2D eigenvalue weighted by Gasteiger charge is 2.47. The molecule has 0 spiro atoms. The van der Waals surface area contributed by atoms with E-state index in [9.17, 15) is 33.2 Å². The molecule has 198 valence electrons. The van der Waals surface area contributed by atoms with Crippen LogP contribution in [-0.4, -0.2) is 70.4 Å². The quantitative estimate of drug-likeness (QED) is 0.522. The first-order chi connectivity index (χ1) is 17.2. The molecular weight excluding hydrogens is 494 g/mol. The SMILES string of the molecule is N#C[C@H](C[C@@H]1CCCC1=O)NC(=O)[C@@H]1CS[C@H]2CC[C@H](NC(=O)OCC3CCC(F)(F)CC3)C(=O)N21. The topological polar surface area (TPSA) is 129 Å². The van der Waals surface area contributed by atoms with Gasteiger partial charge in [-0.15, -0.1) is 11.8 Å². The number of carbonyl (C=O) groups excluding carboxylic acids is 4. The van der Waals surface area contributed by atoms with E-state index in [1.54, 1.807) is 0 Å². The summed E-state index contributed by atoms with van der Waals surface area (Å²) in [6.07, 6.45) is 2.63. The molecule has 9 nitrogen and oxygen atoms in total. The van der Waals surface area contributed by atoms with E-state index in [0.717, 1.165) is 12.8 Å². The number of hydrogen-bond donors (Lipinski definition) is 2. The van der Waals surface area contributed by atoms with Crippen molar-refractivity contribution in [3.8, 4) is 6.07 Å². The highest BCUT2D eigenvalue weighted by molar-refractivity contribution is 8.00. The lowest BCUT2D eigenvalue weighted by Gasteiger charge is -2.37. The van der Waals surface area contributed by atoms with Gasteiger partial charge in [0.25, 0.3) is 0 Å². The fourth-order valence-electron chi connectivity index (χ4n) is 5.51. The van der Waals surface area contributed by atoms with Crippen LogP contribution in [0, 0.1) is 23.2 Å². The molecule has 4 rings (SSSR count). The van der Waals surface area contributed by atoms with Crippen LogP contribution in [-0.2, 0) is 19.1 Å². The van der Waals surface area contributed by atoms with Crippen LogP contribution < -0.4 is 10.6 Å². The predicted molar refractivity (Wildman–Crippen MR) is 126 cm³/mol. The number of thioether (sulfide) groups is 1. The smallest absolute Gasteiger partial charge is 0.407 e. The third-order valence-electron chi connectivity index (χ3n) is 7.65. The second-order valence-corrected chi connectivity index (χ2v) is 11.4. The number of nitrogens with one attached hydrogen (secondary N) is 2. The largest absolute Gasteiger partial charge is 0.449 e. The molecule has 36 heavy (non-hydrogen) atoms. The van der Waals surface area contributed by atoms with Crippen molar-refractivity contribution in [1.82, 2.24) is 15.5 Å². The lowest BCUT2D eigenvalue weighted by atomic mass is 9.87. The van der Waals surface area contributed by atoms with Crippen molar-refractivity contribution in [1.29, 1.82) is 5.26 Å². The van der Waals surface area contributed by atoms with E-state index < -0.39 is 36.0 Å². The van der Waals surface area contributed by atoms with Crippen LogP contribution in [0.3, 0.4) is 0 Å². The van der Waals surface area contributed by atoms with Crippen molar-refractivity contribution >= 4 is 35.5 Å². The van der Waals surface area contributed by atoms with Crippen LogP contribution in [0.4, 0.5) is 13.6 Å². The molecule has 0 bridgehead atoms. The Hall–Kier alpha value is -2.42. The van der Waals surface area contributed by atoms with Gasteiger partial charge in [0.1, 0.15) is 23.9 Å². The molecule has 0 radical (unpaired) electrons. The van der Waals surface area contributed by atoms with Gasteiger partial charge >= 0.3 is 6.09 Å². The molecule has 5 atom stereocenters. The Kier molecular flexibility index (Phi) is 8.37. The predicted octanol–water partition coefficient (Wildman–Crippen LogP) is 2.74. The van der Waals surface area contributed by atoms with Gasteiger partial charge in [0, 0.05) is 30.9 Å². The maximum Gasteiger partial charge on any atom is 0.407 e. The molecule has 2 saturated heterocycles. The number of alkyl carbamates (subject to hydrolysis) is 1. The molecule has 2 saturated carbocycles. The van der Waals surface area contributed by atoms with Crippen molar-refractivity contribution < 1.29 is 32.7 Å². The molecule has 0 aromatic carbocycles. The van der Waals surface area contributed by atoms with E-state index in [1.165, 1.54) is 16.7 Å². The Morgan fingerprint density at radius 2 is 1.94 bits per heavy atom. The van der Waals surface area contributed by atoms with Gasteiger partial charge in [-0.05, 0) is 50.9 Å². The summed E-state index contributed by atoms with van der Waals surface area (Å²) in [6.45, 7) is 0.0229. The summed E-state index contributed by atoms with van der Waals surface area (Å²) in [5.74, 6) is -3.32. The first kappa shape index (κ1) is 26.6. The molecule has 0 unspecified atom stereocenters. The number of carbonyl (C=O) groups is 4. The van der Waals surface area contributed by atoms with Crippen LogP contribution >= 0.6 is 11.8 Å². The number of nitriles is 1. The Balaban J connectivity index is 1.27. The maximum atomic E-state index is 13.3. The van der Waals surface area contributed by atoms with Gasteiger partial charge in [-0.1, -0.05) is 0 Å². The summed E-state index contributed by atoms with van der Waals surface area (Å²) in [7, 11) is 0. The molecule has 0 aromatic rings. The fourth-order valence-corrected chi connectivity index (χ4v) is 6.94. The number of nitrogens with zero attached hydrogens (tertiary/aromatic N) is 2. The summed E-state index contributed by atoms with van der Waals surface area (Å²) in [4.78, 5) is 51.9. The summed E-state index contributed by atoms with van der Waals surface area (Å²) < 4.78 is 31.8. The van der Waals surface area contributed by atoms with Crippen LogP contribution in [0.15, 0.2) is 0 Å². The minimum Gasteiger partial charge on any atom is -0.449 e. The highest BCUT2D eigenvalue weighted by Crippen LogP contribution is 2.38. The van der Waals surface area contributed by atoms with E-state index in [4.69, 9.17) is 4.74 Å². The van der Waals surface area contributed by atoms with Crippen LogP contribution in [0.5, 0.6) is 0 Å². The van der Waals surface area contributed by atoms with Gasteiger partial charge < -0.3 is 20.3 Å². The molecule has 4 aliphatic rings. The van der Waals surface area contributed by atoms with E-state index >= 15 is 0 Å². The zero-order valence-corrected chi connectivity index (χ0v) is 20.9. The number of piperidine rings is 1. The van der Waals surface area contributed by atoms with Gasteiger partial charge in [-0.2, -0.15) is 5.26 Å². The second-order valence-electron chi connectivity index (χ2n) is 10.2. The number of ketones is 1. The average Bonchev–Trinajstić information content (AvgIpc) is 3.46. The standard InChI is InChI=1S/C24H32F2N4O5S/c25-24(26)8-6-14(7-9-24)12-35-23(34)29-17-4-5-20-30(22(17)33)18(13-36-20)21(32)28-16(11-27)10-15-2-1-3-19(15)31/h14-18,20H,1-10,12-13H2,(H,28,32)(H,29,34)/t15-,16-,17-,18-,20-/m0/s1. The van der Waals surface area contributed by atoms with E-state index in [0.29, 0.717) is 25.0 Å². The molecule has 2 N–H and O–H groups in total. The number of ether oxygens (including phenoxy) is 1. The molecule has 2 heterocycles. The third-order valence-corrected chi connectivity index (χ3v) is 9.01. The number of alkyl halides is 2. The van der Waals surface area contributed by atoms with Gasteiger partial charge in [0.2, 0.25) is 17.7 Å². The fraction of sp³-hybridized carbons (Fsp3) is 0.792. The van der Waals surface area contributed by atoms with Gasteiger partial charge in [0.05, 0.1) is 18.0 Å². The van der Waals surface area contributed by atoms with E-state index in [2.05, 4.69) is 16.7 Å². The molecule has 2 aliphatic carbocycles. The number of fused-ring (bicyclic) bond motifs is 1. The van der Waals surface area contributed by atoms with Crippen molar-refractivity contribution in [3.05, 3.63) is 0 Å². The number of rotatable bonds is 7. The molecule has 0 aromatic heterocycles. The molecular formula is C24H32F2N4O5S. The van der Waals surface area contributed by atoms with Crippen molar-refractivity contribution in [2.75, 3.05) is 12.4 Å². The lowest BCUT2D eigenvalue weighted by Crippen LogP contribution is -2.59. The van der Waals surface area contributed by atoms with Crippen molar-refractivity contribution in [3.63, 3.8) is 0 Å². The minimum atomic E-state index is -2.65. The van der Waals surface area contributed by atoms with E-state index in [-0.39, 0.29) is 67.6 Å². The van der Waals surface area contributed by atoms with Crippen molar-refractivity contribution in [2.24, 2.45) is 11.8 Å². The van der Waals surface area contributed by atoms with E-state index in [1.807, 2.05) is 0 Å². The Bertz CT molecular complexity index is 919. The van der Waals surface area contributed by atoms with Gasteiger partial charge in [-0.25, -0.2) is 13.6 Å². The molecule has 2 aliphatic heterocycles. The van der Waals surface area contributed by atoms with Gasteiger partial charge in [-0.3, -0.25) is 14.4 Å². The van der Waals surface area contributed by atoms with Crippen LogP contribution in [0.2, 0.25) is 0 Å². The van der Waals surface area contributed by atoms with Crippen molar-refractivity contribution in [2.45, 2.75) is 93.6 Å². The molecule has 3 amide bonds. The lowest BCUT2D eigenvalue weighted by molar-refractivity contribution is -0.143. The maximum absolute atomic E-state index is 13.3. The molecule has 12 heteroatoms. The minimum absolute atomic E-state index is 0.0229. The van der Waals surface area contributed by atoms with Gasteiger partial charge in [0.15, 0.2) is 0 Å². The monoisotopic (exact) mass is 526 g/mol. The summed E-state index contributed by atoms with van der Waals surface area (Å²) >= 11 is 1.49. The second kappa shape index (κ2) is 11.3. The average molecular weight is 527 g/mol. The third kappa shape index (κ3) is 6.28. The normalized spacial score (nSPS) is 30.9. The molecule has 4 fully saturated rings. The zero-order valence-electron chi connectivity index (χ0n) is 20.0. The Morgan fingerprint density at radius 1 is 1.19 bits per heavy atom. The first-order valence-corrected chi connectivity index (χ1v) is 13.7. The number of hydrogen-bond acceptors (Lipinski definition) is 7. The van der Waals surface area contributed by atoms with Crippen LogP contribution in [0.25, 0.3) is 0 Å². The summed E-state index contributed by atoms with van der Waals surface area (Å²) in [5.41, 5.74) is 0. The zero-order chi connectivity index (χ0) is 25.9. The summed E-state index contributed by atoms with van der Waals surface area (Å²) in [6, 6.07) is -0.367. The number of amides is 3. The Morgan fingerprint density at radius 3 is 2.61 bits per heavy atom. The number of Topliss-reactive ketones (excluding diaryl/α,β-unsaturated/α-hetero) is 1. The highest BCUT2D eigenvalue weighted by atomic mass is 32.2. The number of halogens is 2. The van der Waals surface area contributed by atoms with Crippen LogP contribution in [0.1, 0.15) is 64.2 Å². The first-order valence-electron chi connectivity index (χ1n) is 12.6. The Labute approximate surface area is 213 Å². The summed E-state index contributed by atoms with van der Waals surface area (Å²) in [5, 5.41) is 14.6.